The first-order chi connectivity index (χ1) is 10.1. The van der Waals surface area contributed by atoms with E-state index in [0.29, 0.717) is 18.8 Å². The van der Waals surface area contributed by atoms with Crippen LogP contribution < -0.4 is 5.32 Å². The third-order valence-corrected chi connectivity index (χ3v) is 5.17. The summed E-state index contributed by atoms with van der Waals surface area (Å²) in [6.07, 6.45) is 5.05. The standard InChI is InChI=1S/C16H28N2O3/c1-2-18-9-7-12(8-10-18)11-17-15(19)13-3-5-14(6-4-13)16(20)21/h12-14H,2-11H2,1H3,(H,17,19)(H,20,21). The largest absolute Gasteiger partial charge is 0.481 e. The number of hydrogen-bond donors (Lipinski definition) is 2. The van der Waals surface area contributed by atoms with Gasteiger partial charge in [0.05, 0.1) is 5.92 Å². The molecule has 2 N–H and O–H groups in total. The molecule has 1 saturated carbocycles. The third kappa shape index (κ3) is 4.70. The molecule has 0 aromatic rings. The first-order valence-electron chi connectivity index (χ1n) is 8.33. The van der Waals surface area contributed by atoms with Gasteiger partial charge in [0, 0.05) is 12.5 Å². The number of carbonyl (C=O) groups is 2. The number of nitrogens with one attached hydrogen (secondary N) is 1. The van der Waals surface area contributed by atoms with E-state index in [4.69, 9.17) is 5.11 Å². The second-order valence-corrected chi connectivity index (χ2v) is 6.51. The van der Waals surface area contributed by atoms with Crippen LogP contribution in [-0.2, 0) is 9.59 Å². The van der Waals surface area contributed by atoms with E-state index in [9.17, 15) is 9.59 Å². The maximum Gasteiger partial charge on any atom is 0.306 e. The summed E-state index contributed by atoms with van der Waals surface area (Å²) in [5, 5.41) is 12.1. The Kier molecular flexibility index (Phi) is 6.03. The van der Waals surface area contributed by atoms with Crippen LogP contribution in [0.1, 0.15) is 45.4 Å². The molecule has 1 heterocycles. The van der Waals surface area contributed by atoms with Crippen molar-refractivity contribution in [1.29, 1.82) is 0 Å². The summed E-state index contributed by atoms with van der Waals surface area (Å²) in [4.78, 5) is 25.5. The molecule has 2 aliphatic rings. The van der Waals surface area contributed by atoms with Crippen molar-refractivity contribution in [2.75, 3.05) is 26.2 Å². The Morgan fingerprint density at radius 3 is 2.14 bits per heavy atom. The minimum absolute atomic E-state index is 0.0244. The minimum Gasteiger partial charge on any atom is -0.481 e. The summed E-state index contributed by atoms with van der Waals surface area (Å²) >= 11 is 0. The summed E-state index contributed by atoms with van der Waals surface area (Å²) in [7, 11) is 0. The molecule has 5 heteroatoms. The highest BCUT2D eigenvalue weighted by Crippen LogP contribution is 2.29. The minimum atomic E-state index is -0.712. The Morgan fingerprint density at radius 1 is 1.05 bits per heavy atom. The number of piperidine rings is 1. The number of carbonyl (C=O) groups excluding carboxylic acids is 1. The molecule has 0 radical (unpaired) electrons. The van der Waals surface area contributed by atoms with Crippen molar-refractivity contribution in [2.24, 2.45) is 17.8 Å². The van der Waals surface area contributed by atoms with Gasteiger partial charge in [0.2, 0.25) is 5.91 Å². The van der Waals surface area contributed by atoms with Crippen molar-refractivity contribution in [3.05, 3.63) is 0 Å². The Morgan fingerprint density at radius 2 is 1.62 bits per heavy atom. The zero-order chi connectivity index (χ0) is 15.2. The normalized spacial score (nSPS) is 28.2. The smallest absolute Gasteiger partial charge is 0.306 e. The van der Waals surface area contributed by atoms with Crippen LogP contribution in [0, 0.1) is 17.8 Å². The highest BCUT2D eigenvalue weighted by Gasteiger charge is 2.30. The van der Waals surface area contributed by atoms with Gasteiger partial charge in [0.25, 0.3) is 0 Å². The van der Waals surface area contributed by atoms with Gasteiger partial charge < -0.3 is 15.3 Å². The van der Waals surface area contributed by atoms with Crippen LogP contribution in [-0.4, -0.2) is 48.1 Å². The summed E-state index contributed by atoms with van der Waals surface area (Å²) in [5.41, 5.74) is 0. The highest BCUT2D eigenvalue weighted by atomic mass is 16.4. The van der Waals surface area contributed by atoms with E-state index in [1.807, 2.05) is 0 Å². The number of rotatable bonds is 5. The van der Waals surface area contributed by atoms with Gasteiger partial charge in [0.15, 0.2) is 0 Å². The predicted molar refractivity (Wildman–Crippen MR) is 80.9 cm³/mol. The van der Waals surface area contributed by atoms with Crippen molar-refractivity contribution < 1.29 is 14.7 Å². The molecule has 0 atom stereocenters. The van der Waals surface area contributed by atoms with Gasteiger partial charge >= 0.3 is 5.97 Å². The molecule has 2 fully saturated rings. The van der Waals surface area contributed by atoms with Gasteiger partial charge in [-0.3, -0.25) is 9.59 Å². The molecular formula is C16H28N2O3. The van der Waals surface area contributed by atoms with Crippen LogP contribution in [0.5, 0.6) is 0 Å². The Balaban J connectivity index is 1.65. The Hall–Kier alpha value is -1.10. The number of aliphatic carboxylic acids is 1. The fourth-order valence-electron chi connectivity index (χ4n) is 3.50. The number of nitrogens with zero attached hydrogens (tertiary/aromatic N) is 1. The van der Waals surface area contributed by atoms with Crippen molar-refractivity contribution in [1.82, 2.24) is 10.2 Å². The van der Waals surface area contributed by atoms with Gasteiger partial charge in [-0.05, 0) is 64.1 Å². The maximum absolute atomic E-state index is 12.2. The van der Waals surface area contributed by atoms with Gasteiger partial charge in [0.1, 0.15) is 0 Å². The molecule has 0 bridgehead atoms. The fourth-order valence-corrected chi connectivity index (χ4v) is 3.50. The van der Waals surface area contributed by atoms with Crippen LogP contribution >= 0.6 is 0 Å². The van der Waals surface area contributed by atoms with Gasteiger partial charge in [-0.25, -0.2) is 0 Å². The number of hydrogen-bond acceptors (Lipinski definition) is 3. The number of amides is 1. The highest BCUT2D eigenvalue weighted by molar-refractivity contribution is 5.79. The fraction of sp³-hybridized carbons (Fsp3) is 0.875. The molecule has 1 aliphatic carbocycles. The lowest BCUT2D eigenvalue weighted by Crippen LogP contribution is -2.40. The first kappa shape index (κ1) is 16.3. The number of carboxylic acids is 1. The molecule has 1 amide bonds. The molecule has 1 saturated heterocycles. The van der Waals surface area contributed by atoms with Gasteiger partial charge in [-0.15, -0.1) is 0 Å². The van der Waals surface area contributed by atoms with Crippen molar-refractivity contribution >= 4 is 11.9 Å². The van der Waals surface area contributed by atoms with E-state index in [0.717, 1.165) is 39.0 Å². The molecule has 120 valence electrons. The van der Waals surface area contributed by atoms with Gasteiger partial charge in [-0.1, -0.05) is 6.92 Å². The summed E-state index contributed by atoms with van der Waals surface area (Å²) in [5.74, 6) is -0.191. The van der Waals surface area contributed by atoms with Gasteiger partial charge in [-0.2, -0.15) is 0 Å². The second kappa shape index (κ2) is 7.78. The molecule has 1 aliphatic heterocycles. The maximum atomic E-state index is 12.2. The van der Waals surface area contributed by atoms with E-state index < -0.39 is 5.97 Å². The Bertz CT molecular complexity index is 357. The van der Waals surface area contributed by atoms with E-state index in [1.165, 1.54) is 12.8 Å². The second-order valence-electron chi connectivity index (χ2n) is 6.51. The zero-order valence-corrected chi connectivity index (χ0v) is 13.0. The quantitative estimate of drug-likeness (QED) is 0.810. The van der Waals surface area contributed by atoms with Crippen molar-refractivity contribution in [2.45, 2.75) is 45.4 Å². The van der Waals surface area contributed by atoms with E-state index >= 15 is 0 Å². The molecule has 2 rings (SSSR count). The van der Waals surface area contributed by atoms with E-state index in [-0.39, 0.29) is 17.7 Å². The third-order valence-electron chi connectivity index (χ3n) is 5.17. The average molecular weight is 296 g/mol. The predicted octanol–water partition coefficient (Wildman–Crippen LogP) is 1.73. The van der Waals surface area contributed by atoms with Crippen molar-refractivity contribution in [3.63, 3.8) is 0 Å². The van der Waals surface area contributed by atoms with Crippen LogP contribution in [0.15, 0.2) is 0 Å². The molecular weight excluding hydrogens is 268 g/mol. The number of likely N-dealkylation sites (tertiary alicyclic amines) is 1. The lowest BCUT2D eigenvalue weighted by Gasteiger charge is -2.31. The average Bonchev–Trinajstić information content (AvgIpc) is 2.53. The molecule has 0 spiro atoms. The molecule has 5 nitrogen and oxygen atoms in total. The number of carboxylic acid groups (broad SMARTS) is 1. The van der Waals surface area contributed by atoms with Crippen molar-refractivity contribution in [3.8, 4) is 0 Å². The molecule has 21 heavy (non-hydrogen) atoms. The zero-order valence-electron chi connectivity index (χ0n) is 13.0. The van der Waals surface area contributed by atoms with Crippen LogP contribution in [0.3, 0.4) is 0 Å². The molecule has 0 aromatic heterocycles. The SMILES string of the molecule is CCN1CCC(CNC(=O)C2CCC(C(=O)O)CC2)CC1. The summed E-state index contributed by atoms with van der Waals surface area (Å²) in [6.45, 7) is 6.37. The molecule has 0 unspecified atom stereocenters. The summed E-state index contributed by atoms with van der Waals surface area (Å²) < 4.78 is 0. The first-order valence-corrected chi connectivity index (χ1v) is 8.33. The monoisotopic (exact) mass is 296 g/mol. The topological polar surface area (TPSA) is 69.6 Å². The molecule has 0 aromatic carbocycles. The van der Waals surface area contributed by atoms with Crippen LogP contribution in [0.25, 0.3) is 0 Å². The van der Waals surface area contributed by atoms with Crippen LogP contribution in [0.2, 0.25) is 0 Å². The lowest BCUT2D eigenvalue weighted by atomic mass is 9.81. The summed E-state index contributed by atoms with van der Waals surface area (Å²) in [6, 6.07) is 0. The Labute approximate surface area is 127 Å². The lowest BCUT2D eigenvalue weighted by molar-refractivity contribution is -0.144. The van der Waals surface area contributed by atoms with E-state index in [2.05, 4.69) is 17.1 Å². The van der Waals surface area contributed by atoms with Crippen LogP contribution in [0.4, 0.5) is 0 Å². The van der Waals surface area contributed by atoms with E-state index in [1.54, 1.807) is 0 Å².